The first-order valence-corrected chi connectivity index (χ1v) is 4.60. The Kier molecular flexibility index (Phi) is 4.26. The molecule has 1 aromatic rings. The molecule has 0 aliphatic rings. The largest absolute Gasteiger partial charge is 0.492 e. The second-order valence-electron chi connectivity index (χ2n) is 2.84. The summed E-state index contributed by atoms with van der Waals surface area (Å²) in [4.78, 5) is 5.04. The summed E-state index contributed by atoms with van der Waals surface area (Å²) in [6.45, 7) is 1.44. The zero-order chi connectivity index (χ0) is 11.3. The van der Waals surface area contributed by atoms with Crippen molar-refractivity contribution in [2.24, 2.45) is 0 Å². The van der Waals surface area contributed by atoms with Gasteiger partial charge in [-0.15, -0.1) is 4.73 Å². The minimum absolute atomic E-state index is 0.227. The maximum Gasteiger partial charge on any atom is 0.337 e. The molecule has 1 atom stereocenters. The Hall–Kier alpha value is -1.40. The van der Waals surface area contributed by atoms with Crippen LogP contribution in [0.15, 0.2) is 12.1 Å². The first-order chi connectivity index (χ1) is 7.19. The van der Waals surface area contributed by atoms with Crippen LogP contribution in [0.2, 0.25) is 0 Å². The van der Waals surface area contributed by atoms with E-state index in [1.165, 1.54) is 19.2 Å². The Balaban J connectivity index is 2.58. The number of hydrogen-bond donors (Lipinski definition) is 2. The Morgan fingerprint density at radius 2 is 1.93 bits per heavy atom. The van der Waals surface area contributed by atoms with Crippen LogP contribution in [-0.2, 0) is 9.47 Å². The maximum atomic E-state index is 9.27. The van der Waals surface area contributed by atoms with Gasteiger partial charge >= 0.3 is 6.48 Å². The lowest BCUT2D eigenvalue weighted by Crippen LogP contribution is -2.29. The Morgan fingerprint density at radius 3 is 2.40 bits per heavy atom. The van der Waals surface area contributed by atoms with Crippen molar-refractivity contribution in [3.63, 3.8) is 0 Å². The number of aromatic hydroxyl groups is 2. The molecule has 0 spiro atoms. The second-order valence-corrected chi connectivity index (χ2v) is 2.84. The monoisotopic (exact) mass is 217 g/mol. The molecule has 0 saturated heterocycles. The van der Waals surface area contributed by atoms with Gasteiger partial charge in [0.1, 0.15) is 0 Å². The fourth-order valence-electron chi connectivity index (χ4n) is 0.951. The van der Waals surface area contributed by atoms with E-state index >= 15 is 0 Å². The van der Waals surface area contributed by atoms with E-state index in [-0.39, 0.29) is 11.8 Å². The number of ether oxygens (including phenoxy) is 2. The molecule has 86 valence electrons. The molecule has 0 saturated carbocycles. The average Bonchev–Trinajstić information content (AvgIpc) is 2.55. The van der Waals surface area contributed by atoms with Gasteiger partial charge in [0, 0.05) is 19.2 Å². The number of methoxy groups -OCH3 is 1. The van der Waals surface area contributed by atoms with Gasteiger partial charge < -0.3 is 24.5 Å². The summed E-state index contributed by atoms with van der Waals surface area (Å²) in [5, 5.41) is 18.5. The minimum Gasteiger partial charge on any atom is -0.492 e. The molecule has 0 fully saturated rings. The number of rotatable bonds is 6. The molecule has 0 radical (unpaired) electrons. The summed E-state index contributed by atoms with van der Waals surface area (Å²) in [5.74, 6) is -0.454. The van der Waals surface area contributed by atoms with Crippen molar-refractivity contribution in [3.05, 3.63) is 12.1 Å². The van der Waals surface area contributed by atoms with E-state index in [0.717, 1.165) is 11.2 Å². The van der Waals surface area contributed by atoms with Gasteiger partial charge in [0.25, 0.3) is 0 Å². The highest BCUT2D eigenvalue weighted by Gasteiger charge is 2.14. The second kappa shape index (κ2) is 5.47. The quantitative estimate of drug-likeness (QED) is 0.686. The van der Waals surface area contributed by atoms with Crippen LogP contribution in [0.5, 0.6) is 11.8 Å². The predicted octanol–water partition coefficient (Wildman–Crippen LogP) is 0.684. The van der Waals surface area contributed by atoms with E-state index in [1.54, 1.807) is 0 Å². The average molecular weight is 217 g/mol. The van der Waals surface area contributed by atoms with Crippen LogP contribution in [0.25, 0.3) is 0 Å². The summed E-state index contributed by atoms with van der Waals surface area (Å²) < 4.78 is 10.8. The van der Waals surface area contributed by atoms with E-state index in [4.69, 9.17) is 14.3 Å². The van der Waals surface area contributed by atoms with Gasteiger partial charge in [0.05, 0.1) is 6.61 Å². The Labute approximate surface area is 87.6 Å². The summed E-state index contributed by atoms with van der Waals surface area (Å²) >= 11 is 0. The molecular formula is C9H15NO5. The molecule has 0 aromatic carbocycles. The smallest absolute Gasteiger partial charge is 0.337 e. The van der Waals surface area contributed by atoms with Crippen LogP contribution >= 0.6 is 0 Å². The minimum atomic E-state index is -0.964. The Morgan fingerprint density at radius 1 is 1.33 bits per heavy atom. The molecular weight excluding hydrogens is 202 g/mol. The molecule has 0 aliphatic heterocycles. The maximum absolute atomic E-state index is 9.27. The summed E-state index contributed by atoms with van der Waals surface area (Å²) in [7, 11) is 1.40. The Bertz CT molecular complexity index is 279. The SMILES string of the molecule is CCCOC(OC)On1c(O)ccc1O. The highest BCUT2D eigenvalue weighted by molar-refractivity contribution is 5.21. The molecule has 1 aromatic heterocycles. The van der Waals surface area contributed by atoms with Gasteiger partial charge in [-0.1, -0.05) is 6.92 Å². The molecule has 1 heterocycles. The third-order valence-electron chi connectivity index (χ3n) is 1.64. The zero-order valence-corrected chi connectivity index (χ0v) is 8.71. The van der Waals surface area contributed by atoms with Gasteiger partial charge in [-0.3, -0.25) is 0 Å². The first kappa shape index (κ1) is 11.7. The van der Waals surface area contributed by atoms with Crippen LogP contribution in [0.1, 0.15) is 13.3 Å². The van der Waals surface area contributed by atoms with Crippen molar-refractivity contribution < 1.29 is 24.5 Å². The summed E-state index contributed by atoms with van der Waals surface area (Å²) in [6, 6.07) is 2.59. The summed E-state index contributed by atoms with van der Waals surface area (Å²) in [5.41, 5.74) is 0. The van der Waals surface area contributed by atoms with E-state index in [0.29, 0.717) is 6.61 Å². The van der Waals surface area contributed by atoms with E-state index in [2.05, 4.69) is 0 Å². The first-order valence-electron chi connectivity index (χ1n) is 4.60. The van der Waals surface area contributed by atoms with Crippen molar-refractivity contribution >= 4 is 0 Å². The fourth-order valence-corrected chi connectivity index (χ4v) is 0.951. The molecule has 1 unspecified atom stereocenters. The molecule has 0 amide bonds. The van der Waals surface area contributed by atoms with Crippen LogP contribution in [0.3, 0.4) is 0 Å². The van der Waals surface area contributed by atoms with Crippen molar-refractivity contribution in [1.29, 1.82) is 0 Å². The van der Waals surface area contributed by atoms with Crippen LogP contribution in [0.4, 0.5) is 0 Å². The van der Waals surface area contributed by atoms with Crippen LogP contribution < -0.4 is 4.84 Å². The molecule has 6 heteroatoms. The number of hydrogen-bond acceptors (Lipinski definition) is 5. The lowest BCUT2D eigenvalue weighted by Gasteiger charge is -2.17. The zero-order valence-electron chi connectivity index (χ0n) is 8.71. The van der Waals surface area contributed by atoms with Crippen LogP contribution in [0, 0.1) is 0 Å². The fraction of sp³-hybridized carbons (Fsp3) is 0.556. The lowest BCUT2D eigenvalue weighted by molar-refractivity contribution is -0.279. The van der Waals surface area contributed by atoms with Crippen molar-refractivity contribution in [1.82, 2.24) is 4.73 Å². The van der Waals surface area contributed by atoms with Gasteiger partial charge in [-0.05, 0) is 6.42 Å². The van der Waals surface area contributed by atoms with Gasteiger partial charge in [-0.2, -0.15) is 0 Å². The van der Waals surface area contributed by atoms with E-state index < -0.39 is 6.48 Å². The highest BCUT2D eigenvalue weighted by Crippen LogP contribution is 2.19. The molecule has 15 heavy (non-hydrogen) atoms. The van der Waals surface area contributed by atoms with Crippen molar-refractivity contribution in [3.8, 4) is 11.8 Å². The third kappa shape index (κ3) is 3.03. The van der Waals surface area contributed by atoms with Crippen molar-refractivity contribution in [2.75, 3.05) is 13.7 Å². The molecule has 1 rings (SSSR count). The standard InChI is InChI=1S/C9H15NO5/c1-3-6-14-9(13-2)15-10-7(11)4-5-8(10)12/h4-5,9,11-12H,3,6H2,1-2H3. The van der Waals surface area contributed by atoms with Crippen LogP contribution in [-0.4, -0.2) is 35.1 Å². The number of aromatic nitrogens is 1. The highest BCUT2D eigenvalue weighted by atomic mass is 16.9. The van der Waals surface area contributed by atoms with Gasteiger partial charge in [0.15, 0.2) is 0 Å². The lowest BCUT2D eigenvalue weighted by atomic mass is 10.5. The van der Waals surface area contributed by atoms with Crippen molar-refractivity contribution in [2.45, 2.75) is 19.8 Å². The molecule has 0 aliphatic carbocycles. The van der Waals surface area contributed by atoms with Gasteiger partial charge in [0.2, 0.25) is 11.8 Å². The number of nitrogens with zero attached hydrogens (tertiary/aromatic N) is 1. The van der Waals surface area contributed by atoms with E-state index in [1.807, 2.05) is 6.92 Å². The summed E-state index contributed by atoms with van der Waals surface area (Å²) in [6.07, 6.45) is 0.812. The normalized spacial score (nSPS) is 12.7. The topological polar surface area (TPSA) is 73.1 Å². The molecule has 6 nitrogen and oxygen atoms in total. The molecule has 2 N–H and O–H groups in total. The van der Waals surface area contributed by atoms with Gasteiger partial charge in [-0.25, -0.2) is 0 Å². The predicted molar refractivity (Wildman–Crippen MR) is 51.4 cm³/mol. The molecule has 0 bridgehead atoms. The third-order valence-corrected chi connectivity index (χ3v) is 1.64. The van der Waals surface area contributed by atoms with E-state index in [9.17, 15) is 10.2 Å².